The Labute approximate surface area is 60.6 Å². The third-order valence-corrected chi connectivity index (χ3v) is 1.12. The van der Waals surface area contributed by atoms with Crippen LogP contribution in [0.4, 0.5) is 0 Å². The van der Waals surface area contributed by atoms with Crippen LogP contribution in [0.3, 0.4) is 0 Å². The SMILES string of the molecule is [B]c1cccc(C=NO)c1. The highest BCUT2D eigenvalue weighted by Crippen LogP contribution is 1.90. The lowest BCUT2D eigenvalue weighted by Crippen LogP contribution is -2.01. The van der Waals surface area contributed by atoms with Gasteiger partial charge in [0.15, 0.2) is 0 Å². The van der Waals surface area contributed by atoms with E-state index in [-0.39, 0.29) is 0 Å². The third-order valence-electron chi connectivity index (χ3n) is 1.12. The zero-order valence-electron chi connectivity index (χ0n) is 5.36. The quantitative estimate of drug-likeness (QED) is 0.252. The number of benzene rings is 1. The van der Waals surface area contributed by atoms with Gasteiger partial charge in [-0.15, -0.1) is 0 Å². The van der Waals surface area contributed by atoms with E-state index >= 15 is 0 Å². The molecule has 0 amide bonds. The van der Waals surface area contributed by atoms with Crippen LogP contribution in [0, 0.1) is 0 Å². The standard InChI is InChI=1S/C7H6BNO/c8-7-3-1-2-6(4-7)5-9-10/h1-5,10H. The molecule has 0 saturated carbocycles. The minimum Gasteiger partial charge on any atom is -0.411 e. The van der Waals surface area contributed by atoms with E-state index in [0.717, 1.165) is 5.56 Å². The molecule has 0 saturated heterocycles. The van der Waals surface area contributed by atoms with E-state index < -0.39 is 0 Å². The first-order chi connectivity index (χ1) is 4.83. The van der Waals surface area contributed by atoms with Crippen LogP contribution in [0.25, 0.3) is 0 Å². The summed E-state index contributed by atoms with van der Waals surface area (Å²) in [4.78, 5) is 0. The van der Waals surface area contributed by atoms with E-state index in [9.17, 15) is 0 Å². The molecule has 0 unspecified atom stereocenters. The van der Waals surface area contributed by atoms with Crippen LogP contribution in [0.2, 0.25) is 0 Å². The Morgan fingerprint density at radius 2 is 2.30 bits per heavy atom. The maximum atomic E-state index is 8.14. The molecule has 2 nitrogen and oxygen atoms in total. The van der Waals surface area contributed by atoms with Crippen molar-refractivity contribution in [3.63, 3.8) is 0 Å². The lowest BCUT2D eigenvalue weighted by molar-refractivity contribution is 0.322. The fourth-order valence-corrected chi connectivity index (χ4v) is 0.706. The normalized spacial score (nSPS) is 10.4. The summed E-state index contributed by atoms with van der Waals surface area (Å²) >= 11 is 0. The molecule has 0 aliphatic rings. The van der Waals surface area contributed by atoms with E-state index in [2.05, 4.69) is 5.16 Å². The highest BCUT2D eigenvalue weighted by molar-refractivity contribution is 6.32. The van der Waals surface area contributed by atoms with Crippen molar-refractivity contribution >= 4 is 19.5 Å². The molecule has 0 aliphatic carbocycles. The Hall–Kier alpha value is -1.25. The van der Waals surface area contributed by atoms with Crippen LogP contribution in [-0.2, 0) is 0 Å². The number of nitrogens with zero attached hydrogens (tertiary/aromatic N) is 1. The Balaban J connectivity index is 2.95. The zero-order chi connectivity index (χ0) is 7.40. The average Bonchev–Trinajstić information content (AvgIpc) is 1.88. The first-order valence-electron chi connectivity index (χ1n) is 2.86. The molecule has 1 aromatic carbocycles. The van der Waals surface area contributed by atoms with Gasteiger partial charge in [0.1, 0.15) is 7.85 Å². The minimum atomic E-state index is 0.664. The van der Waals surface area contributed by atoms with E-state index in [0.29, 0.717) is 5.46 Å². The van der Waals surface area contributed by atoms with Crippen LogP contribution in [0.5, 0.6) is 0 Å². The lowest BCUT2D eigenvalue weighted by atomic mass is 9.95. The second-order valence-corrected chi connectivity index (χ2v) is 1.91. The van der Waals surface area contributed by atoms with Crippen molar-refractivity contribution < 1.29 is 5.21 Å². The smallest absolute Gasteiger partial charge is 0.113 e. The van der Waals surface area contributed by atoms with Crippen molar-refractivity contribution in [3.8, 4) is 0 Å². The van der Waals surface area contributed by atoms with Gasteiger partial charge < -0.3 is 5.21 Å². The molecule has 0 aliphatic heterocycles. The van der Waals surface area contributed by atoms with Gasteiger partial charge in [-0.2, -0.15) is 0 Å². The van der Waals surface area contributed by atoms with Crippen LogP contribution < -0.4 is 5.46 Å². The van der Waals surface area contributed by atoms with E-state index in [1.165, 1.54) is 6.21 Å². The van der Waals surface area contributed by atoms with Crippen LogP contribution in [-0.4, -0.2) is 19.3 Å². The fraction of sp³-hybridized carbons (Fsp3) is 0. The van der Waals surface area contributed by atoms with Crippen molar-refractivity contribution in [3.05, 3.63) is 29.8 Å². The highest BCUT2D eigenvalue weighted by atomic mass is 16.4. The molecule has 0 aromatic heterocycles. The first kappa shape index (κ1) is 6.87. The molecule has 0 bridgehead atoms. The van der Waals surface area contributed by atoms with Crippen molar-refractivity contribution in [2.45, 2.75) is 0 Å². The molecule has 10 heavy (non-hydrogen) atoms. The predicted octanol–water partition coefficient (Wildman–Crippen LogP) is 0.289. The Kier molecular flexibility index (Phi) is 2.10. The second kappa shape index (κ2) is 3.06. The molecule has 1 N–H and O–H groups in total. The van der Waals surface area contributed by atoms with Gasteiger partial charge in [0.2, 0.25) is 0 Å². The molecule has 1 rings (SSSR count). The predicted molar refractivity (Wildman–Crippen MR) is 41.2 cm³/mol. The average molecular weight is 131 g/mol. The van der Waals surface area contributed by atoms with Crippen LogP contribution >= 0.6 is 0 Å². The molecular formula is C7H6BNO. The van der Waals surface area contributed by atoms with Gasteiger partial charge in [0, 0.05) is 0 Å². The summed E-state index contributed by atoms with van der Waals surface area (Å²) in [5.41, 5.74) is 1.46. The Bertz CT molecular complexity index is 247. The monoisotopic (exact) mass is 131 g/mol. The Morgan fingerprint density at radius 3 is 2.90 bits per heavy atom. The molecule has 2 radical (unpaired) electrons. The summed E-state index contributed by atoms with van der Waals surface area (Å²) in [6.45, 7) is 0. The molecule has 0 fully saturated rings. The van der Waals surface area contributed by atoms with Gasteiger partial charge in [-0.3, -0.25) is 0 Å². The van der Waals surface area contributed by atoms with Gasteiger partial charge in [-0.1, -0.05) is 34.9 Å². The fourth-order valence-electron chi connectivity index (χ4n) is 0.706. The molecule has 1 aromatic rings. The van der Waals surface area contributed by atoms with Crippen molar-refractivity contribution in [2.75, 3.05) is 0 Å². The van der Waals surface area contributed by atoms with E-state index in [4.69, 9.17) is 13.1 Å². The number of rotatable bonds is 1. The highest BCUT2D eigenvalue weighted by Gasteiger charge is 1.85. The topological polar surface area (TPSA) is 32.6 Å². The van der Waals surface area contributed by atoms with E-state index in [1.807, 2.05) is 0 Å². The number of hydrogen-bond acceptors (Lipinski definition) is 2. The van der Waals surface area contributed by atoms with Gasteiger partial charge in [0.25, 0.3) is 0 Å². The summed E-state index contributed by atoms with van der Waals surface area (Å²) in [6, 6.07) is 7.09. The van der Waals surface area contributed by atoms with Gasteiger partial charge in [-0.25, -0.2) is 0 Å². The second-order valence-electron chi connectivity index (χ2n) is 1.91. The summed E-state index contributed by atoms with van der Waals surface area (Å²) < 4.78 is 0. The van der Waals surface area contributed by atoms with Gasteiger partial charge in [0.05, 0.1) is 6.21 Å². The first-order valence-corrected chi connectivity index (χ1v) is 2.86. The van der Waals surface area contributed by atoms with E-state index in [1.54, 1.807) is 24.3 Å². The maximum Gasteiger partial charge on any atom is 0.113 e. The minimum absolute atomic E-state index is 0.664. The molecule has 0 spiro atoms. The van der Waals surface area contributed by atoms with Crippen molar-refractivity contribution in [1.29, 1.82) is 0 Å². The molecule has 0 heterocycles. The number of hydrogen-bond donors (Lipinski definition) is 1. The molecule has 0 atom stereocenters. The van der Waals surface area contributed by atoms with Gasteiger partial charge in [-0.05, 0) is 5.56 Å². The molecular weight excluding hydrogens is 125 g/mol. The van der Waals surface area contributed by atoms with Crippen molar-refractivity contribution in [1.82, 2.24) is 0 Å². The lowest BCUT2D eigenvalue weighted by Gasteiger charge is -1.92. The Morgan fingerprint density at radius 1 is 1.50 bits per heavy atom. The third kappa shape index (κ3) is 1.62. The number of oxime groups is 1. The van der Waals surface area contributed by atoms with Crippen molar-refractivity contribution in [2.24, 2.45) is 5.16 Å². The summed E-state index contributed by atoms with van der Waals surface area (Å²) in [5.74, 6) is 0. The van der Waals surface area contributed by atoms with Crippen LogP contribution in [0.15, 0.2) is 29.4 Å². The maximum absolute atomic E-state index is 8.14. The largest absolute Gasteiger partial charge is 0.411 e. The summed E-state index contributed by atoms with van der Waals surface area (Å²) in [7, 11) is 5.45. The molecule has 3 heteroatoms. The summed E-state index contributed by atoms with van der Waals surface area (Å²) in [5, 5.41) is 11.0. The van der Waals surface area contributed by atoms with Gasteiger partial charge >= 0.3 is 0 Å². The zero-order valence-corrected chi connectivity index (χ0v) is 5.36. The summed E-state index contributed by atoms with van der Waals surface area (Å²) in [6.07, 6.45) is 1.33. The molecule has 48 valence electrons. The van der Waals surface area contributed by atoms with Crippen LogP contribution in [0.1, 0.15) is 5.56 Å².